The molecule has 0 radical (unpaired) electrons. The highest BCUT2D eigenvalue weighted by Gasteiger charge is 2.12. The molecule has 0 aliphatic heterocycles. The zero-order chi connectivity index (χ0) is 12.4. The van der Waals surface area contributed by atoms with Crippen molar-refractivity contribution in [1.29, 1.82) is 0 Å². The fourth-order valence-electron chi connectivity index (χ4n) is 1.65. The highest BCUT2D eigenvalue weighted by atomic mass is 16.3. The molecule has 0 atom stereocenters. The summed E-state index contributed by atoms with van der Waals surface area (Å²) in [7, 11) is 3.45. The molecule has 0 saturated carbocycles. The molecule has 1 amide bonds. The molecule has 0 aliphatic rings. The number of rotatable bonds is 3. The van der Waals surface area contributed by atoms with Gasteiger partial charge in [-0.2, -0.15) is 0 Å². The van der Waals surface area contributed by atoms with Gasteiger partial charge in [0.1, 0.15) is 5.52 Å². The molecular weight excluding hydrogens is 220 g/mol. The lowest BCUT2D eigenvalue weighted by Crippen LogP contribution is -2.29. The number of carbonyl (C=O) groups excluding carboxylic acids is 1. The summed E-state index contributed by atoms with van der Waals surface area (Å²) in [6.07, 6.45) is 0. The van der Waals surface area contributed by atoms with E-state index in [1.54, 1.807) is 30.9 Å². The minimum absolute atomic E-state index is 0.0460. The highest BCUT2D eigenvalue weighted by molar-refractivity contribution is 5.97. The summed E-state index contributed by atoms with van der Waals surface area (Å²) in [5.74, 6) is -0.133. The Bertz CT molecular complexity index is 549. The standard InChI is InChI=1S/C11H14N4O2/c1-14(5-6-16)11(17)8-3-4-10-9(7-8)12-13-15(10)2/h3-4,7,16H,5-6H2,1-2H3. The molecule has 6 nitrogen and oxygen atoms in total. The number of aryl methyl sites for hydroxylation is 1. The van der Waals surface area contributed by atoms with Crippen molar-refractivity contribution in [2.24, 2.45) is 7.05 Å². The van der Waals surface area contributed by atoms with Crippen LogP contribution in [0.4, 0.5) is 0 Å². The number of fused-ring (bicyclic) bond motifs is 1. The van der Waals surface area contributed by atoms with Crippen molar-refractivity contribution < 1.29 is 9.90 Å². The quantitative estimate of drug-likeness (QED) is 0.813. The Balaban J connectivity index is 2.33. The van der Waals surface area contributed by atoms with Crippen LogP contribution in [0.25, 0.3) is 11.0 Å². The molecule has 6 heteroatoms. The van der Waals surface area contributed by atoms with Crippen LogP contribution < -0.4 is 0 Å². The average molecular weight is 234 g/mol. The van der Waals surface area contributed by atoms with Crippen molar-refractivity contribution in [1.82, 2.24) is 19.9 Å². The first-order valence-electron chi connectivity index (χ1n) is 5.29. The van der Waals surface area contributed by atoms with E-state index in [9.17, 15) is 4.79 Å². The molecule has 1 N–H and O–H groups in total. The van der Waals surface area contributed by atoms with Crippen LogP contribution in [0.3, 0.4) is 0 Å². The summed E-state index contributed by atoms with van der Waals surface area (Å²) >= 11 is 0. The van der Waals surface area contributed by atoms with E-state index in [4.69, 9.17) is 5.11 Å². The third-order valence-electron chi connectivity index (χ3n) is 2.64. The van der Waals surface area contributed by atoms with E-state index in [0.717, 1.165) is 5.52 Å². The zero-order valence-electron chi connectivity index (χ0n) is 9.79. The summed E-state index contributed by atoms with van der Waals surface area (Å²) in [6, 6.07) is 5.26. The minimum atomic E-state index is -0.133. The molecule has 1 heterocycles. The van der Waals surface area contributed by atoms with Gasteiger partial charge in [-0.25, -0.2) is 4.68 Å². The van der Waals surface area contributed by atoms with Gasteiger partial charge in [0, 0.05) is 26.2 Å². The van der Waals surface area contributed by atoms with E-state index >= 15 is 0 Å². The summed E-state index contributed by atoms with van der Waals surface area (Å²) in [4.78, 5) is 13.4. The van der Waals surface area contributed by atoms with Gasteiger partial charge in [-0.3, -0.25) is 4.79 Å². The number of hydrogen-bond acceptors (Lipinski definition) is 4. The monoisotopic (exact) mass is 234 g/mol. The second-order valence-corrected chi connectivity index (χ2v) is 3.87. The van der Waals surface area contributed by atoms with Gasteiger partial charge in [-0.15, -0.1) is 5.10 Å². The number of likely N-dealkylation sites (N-methyl/N-ethyl adjacent to an activating group) is 1. The summed E-state index contributed by atoms with van der Waals surface area (Å²) < 4.78 is 1.65. The van der Waals surface area contributed by atoms with Gasteiger partial charge < -0.3 is 10.0 Å². The number of hydrogen-bond donors (Lipinski definition) is 1. The fraction of sp³-hybridized carbons (Fsp3) is 0.364. The van der Waals surface area contributed by atoms with Gasteiger partial charge in [0.25, 0.3) is 5.91 Å². The van der Waals surface area contributed by atoms with Crippen molar-refractivity contribution in [3.63, 3.8) is 0 Å². The maximum Gasteiger partial charge on any atom is 0.253 e. The maximum absolute atomic E-state index is 11.9. The van der Waals surface area contributed by atoms with Crippen LogP contribution in [0.2, 0.25) is 0 Å². The Morgan fingerprint density at radius 3 is 3.00 bits per heavy atom. The lowest BCUT2D eigenvalue weighted by molar-refractivity contribution is 0.0767. The molecule has 0 unspecified atom stereocenters. The Hall–Kier alpha value is -1.95. The third kappa shape index (κ3) is 2.12. The number of benzene rings is 1. The van der Waals surface area contributed by atoms with E-state index in [2.05, 4.69) is 10.3 Å². The number of amides is 1. The largest absolute Gasteiger partial charge is 0.395 e. The smallest absolute Gasteiger partial charge is 0.253 e. The highest BCUT2D eigenvalue weighted by Crippen LogP contribution is 2.13. The first-order valence-corrected chi connectivity index (χ1v) is 5.29. The van der Waals surface area contributed by atoms with Gasteiger partial charge in [-0.1, -0.05) is 5.21 Å². The molecule has 0 saturated heterocycles. The molecule has 2 aromatic rings. The third-order valence-corrected chi connectivity index (χ3v) is 2.64. The maximum atomic E-state index is 11.9. The van der Waals surface area contributed by atoms with Crippen molar-refractivity contribution in [2.75, 3.05) is 20.2 Å². The number of carbonyl (C=O) groups is 1. The van der Waals surface area contributed by atoms with E-state index < -0.39 is 0 Å². The van der Waals surface area contributed by atoms with Crippen LogP contribution in [0, 0.1) is 0 Å². The van der Waals surface area contributed by atoms with Crippen molar-refractivity contribution in [2.45, 2.75) is 0 Å². The minimum Gasteiger partial charge on any atom is -0.395 e. The summed E-state index contributed by atoms with van der Waals surface area (Å²) in [5.41, 5.74) is 2.12. The molecular formula is C11H14N4O2. The lowest BCUT2D eigenvalue weighted by Gasteiger charge is -2.15. The van der Waals surface area contributed by atoms with Gasteiger partial charge in [0.15, 0.2) is 0 Å². The number of aliphatic hydroxyl groups is 1. The normalized spacial score (nSPS) is 10.8. The van der Waals surface area contributed by atoms with E-state index in [1.807, 2.05) is 6.07 Å². The predicted molar refractivity (Wildman–Crippen MR) is 62.6 cm³/mol. The van der Waals surface area contributed by atoms with Crippen molar-refractivity contribution in [3.8, 4) is 0 Å². The molecule has 1 aromatic carbocycles. The van der Waals surface area contributed by atoms with Crippen molar-refractivity contribution in [3.05, 3.63) is 23.8 Å². The zero-order valence-corrected chi connectivity index (χ0v) is 9.79. The number of aromatic nitrogens is 3. The fourth-order valence-corrected chi connectivity index (χ4v) is 1.65. The average Bonchev–Trinajstić information content (AvgIpc) is 2.70. The van der Waals surface area contributed by atoms with Gasteiger partial charge in [0.2, 0.25) is 0 Å². The van der Waals surface area contributed by atoms with Crippen LogP contribution >= 0.6 is 0 Å². The second-order valence-electron chi connectivity index (χ2n) is 3.87. The Labute approximate surface area is 98.4 Å². The van der Waals surface area contributed by atoms with E-state index in [0.29, 0.717) is 17.6 Å². The van der Waals surface area contributed by atoms with Gasteiger partial charge in [-0.05, 0) is 18.2 Å². The van der Waals surface area contributed by atoms with Crippen molar-refractivity contribution >= 4 is 16.9 Å². The molecule has 0 bridgehead atoms. The molecule has 17 heavy (non-hydrogen) atoms. The molecule has 0 spiro atoms. The Kier molecular flexibility index (Phi) is 3.06. The van der Waals surface area contributed by atoms with Crippen LogP contribution in [0.5, 0.6) is 0 Å². The molecule has 0 fully saturated rings. The molecule has 0 aliphatic carbocycles. The topological polar surface area (TPSA) is 71.2 Å². The lowest BCUT2D eigenvalue weighted by atomic mass is 10.2. The van der Waals surface area contributed by atoms with E-state index in [1.165, 1.54) is 4.90 Å². The predicted octanol–water partition coefficient (Wildman–Crippen LogP) is 0.0326. The van der Waals surface area contributed by atoms with Crippen LogP contribution in [-0.4, -0.2) is 51.1 Å². The molecule has 1 aromatic heterocycles. The van der Waals surface area contributed by atoms with Crippen LogP contribution in [0.1, 0.15) is 10.4 Å². The van der Waals surface area contributed by atoms with Gasteiger partial charge >= 0.3 is 0 Å². The van der Waals surface area contributed by atoms with Gasteiger partial charge in [0.05, 0.1) is 12.1 Å². The van der Waals surface area contributed by atoms with Crippen LogP contribution in [0.15, 0.2) is 18.2 Å². The molecule has 90 valence electrons. The first-order chi connectivity index (χ1) is 8.13. The second kappa shape index (κ2) is 4.50. The number of nitrogens with zero attached hydrogens (tertiary/aromatic N) is 4. The molecule has 2 rings (SSSR count). The summed E-state index contributed by atoms with van der Waals surface area (Å²) in [5, 5.41) is 16.6. The first kappa shape index (κ1) is 11.5. The summed E-state index contributed by atoms with van der Waals surface area (Å²) in [6.45, 7) is 0.271. The Morgan fingerprint density at radius 2 is 2.29 bits per heavy atom. The Morgan fingerprint density at radius 1 is 1.53 bits per heavy atom. The van der Waals surface area contributed by atoms with E-state index in [-0.39, 0.29) is 12.5 Å². The SMILES string of the molecule is CN(CCO)C(=O)c1ccc2c(c1)nnn2C. The van der Waals surface area contributed by atoms with Crippen LogP contribution in [-0.2, 0) is 7.05 Å². The number of aliphatic hydroxyl groups excluding tert-OH is 1.